The van der Waals surface area contributed by atoms with E-state index in [-0.39, 0.29) is 0 Å². The molecular formula is C30H36O4. The molecule has 0 fully saturated rings. The molecule has 180 valence electrons. The molecule has 0 aliphatic carbocycles. The summed E-state index contributed by atoms with van der Waals surface area (Å²) < 4.78 is 0. The fourth-order valence-electron chi connectivity index (χ4n) is 2.17. The molecule has 2 N–H and O–H groups in total. The van der Waals surface area contributed by atoms with Crippen molar-refractivity contribution in [3.05, 3.63) is 131 Å². The topological polar surface area (TPSA) is 74.6 Å². The van der Waals surface area contributed by atoms with Crippen LogP contribution in [0.15, 0.2) is 131 Å². The molecule has 0 saturated carbocycles. The number of carboxylic acid groups (broad SMARTS) is 2. The zero-order chi connectivity index (χ0) is 25.9. The van der Waals surface area contributed by atoms with E-state index in [0.29, 0.717) is 11.1 Å². The lowest BCUT2D eigenvalue weighted by molar-refractivity contribution is -0.133. The van der Waals surface area contributed by atoms with Crippen LogP contribution in [0.4, 0.5) is 0 Å². The Hall–Kier alpha value is -3.92. The monoisotopic (exact) mass is 460 g/mol. The van der Waals surface area contributed by atoms with Crippen LogP contribution in [0.2, 0.25) is 0 Å². The fraction of sp³-hybridized carbons (Fsp3) is 0.200. The van der Waals surface area contributed by atoms with E-state index in [4.69, 9.17) is 10.2 Å². The Balaban J connectivity index is 4.78. The number of allylic oxidation sites excluding steroid dienone is 20. The minimum atomic E-state index is -0.917. The largest absolute Gasteiger partial charge is 0.478 e. The molecule has 0 aromatic carbocycles. The molecule has 0 heterocycles. The number of rotatable bonds is 12. The highest BCUT2D eigenvalue weighted by atomic mass is 16.4. The van der Waals surface area contributed by atoms with E-state index in [1.165, 1.54) is 0 Å². The molecule has 0 atom stereocenters. The highest BCUT2D eigenvalue weighted by Gasteiger charge is 1.96. The third kappa shape index (κ3) is 16.7. The molecule has 0 aromatic heterocycles. The van der Waals surface area contributed by atoms with Crippen molar-refractivity contribution in [1.82, 2.24) is 0 Å². The van der Waals surface area contributed by atoms with Crippen molar-refractivity contribution >= 4 is 11.9 Å². The van der Waals surface area contributed by atoms with E-state index in [1.54, 1.807) is 38.2 Å². The van der Waals surface area contributed by atoms with E-state index in [1.807, 2.05) is 101 Å². The number of aliphatic carboxylic acids is 2. The second kappa shape index (κ2) is 17.6. The predicted octanol–water partition coefficient (Wildman–Crippen LogP) is 7.61. The van der Waals surface area contributed by atoms with Crippen molar-refractivity contribution in [2.75, 3.05) is 0 Å². The quantitative estimate of drug-likeness (QED) is 0.232. The average molecular weight is 461 g/mol. The van der Waals surface area contributed by atoms with Gasteiger partial charge in [-0.05, 0) is 41.5 Å². The summed E-state index contributed by atoms with van der Waals surface area (Å²) in [5, 5.41) is 17.6. The van der Waals surface area contributed by atoms with E-state index in [9.17, 15) is 9.59 Å². The van der Waals surface area contributed by atoms with Crippen molar-refractivity contribution in [2.24, 2.45) is 0 Å². The van der Waals surface area contributed by atoms with Crippen LogP contribution in [-0.4, -0.2) is 22.2 Å². The van der Waals surface area contributed by atoms with Gasteiger partial charge in [0.25, 0.3) is 0 Å². The van der Waals surface area contributed by atoms with Crippen LogP contribution in [0.25, 0.3) is 0 Å². The van der Waals surface area contributed by atoms with Gasteiger partial charge in [0.1, 0.15) is 0 Å². The molecule has 0 bridgehead atoms. The standard InChI is InChI=1S/C30H36O4/c1-23(15-9-17-25(3)19-11-21-27(5)29(31)32)13-7-8-14-24(2)16-10-18-26(4)20-12-22-28(6)30(33)34/h7-22H,1-6H3,(H,31,32)(H,33,34)/b8-7+,15-9+,16-10+,19-11+,20-12+,23-13+,24-14+,25-17+,26-18+,27-21+,28-22+. The molecule has 0 radical (unpaired) electrons. The summed E-state index contributed by atoms with van der Waals surface area (Å²) in [6, 6.07) is 0. The third-order valence-corrected chi connectivity index (χ3v) is 4.35. The number of carboxylic acids is 2. The first-order valence-corrected chi connectivity index (χ1v) is 10.9. The number of hydrogen-bond donors (Lipinski definition) is 2. The van der Waals surface area contributed by atoms with Crippen molar-refractivity contribution in [3.63, 3.8) is 0 Å². The smallest absolute Gasteiger partial charge is 0.331 e. The van der Waals surface area contributed by atoms with Gasteiger partial charge < -0.3 is 10.2 Å². The maximum absolute atomic E-state index is 10.7. The van der Waals surface area contributed by atoms with E-state index >= 15 is 0 Å². The zero-order valence-electron chi connectivity index (χ0n) is 20.9. The Kier molecular flexibility index (Phi) is 15.6. The van der Waals surface area contributed by atoms with Gasteiger partial charge >= 0.3 is 11.9 Å². The molecule has 0 aliphatic rings. The molecule has 0 aromatic rings. The maximum atomic E-state index is 10.7. The van der Waals surface area contributed by atoms with Gasteiger partial charge in [-0.15, -0.1) is 0 Å². The lowest BCUT2D eigenvalue weighted by Crippen LogP contribution is -1.94. The van der Waals surface area contributed by atoms with Crippen molar-refractivity contribution in [1.29, 1.82) is 0 Å². The highest BCUT2D eigenvalue weighted by molar-refractivity contribution is 5.86. The summed E-state index contributed by atoms with van der Waals surface area (Å²) in [6.45, 7) is 11.1. The normalized spacial score (nSPS) is 15.7. The van der Waals surface area contributed by atoms with Gasteiger partial charge in [0.05, 0.1) is 0 Å². The van der Waals surface area contributed by atoms with Gasteiger partial charge in [0.2, 0.25) is 0 Å². The van der Waals surface area contributed by atoms with Crippen LogP contribution < -0.4 is 0 Å². The van der Waals surface area contributed by atoms with Crippen LogP contribution in [0.5, 0.6) is 0 Å². The van der Waals surface area contributed by atoms with Crippen LogP contribution in [0, 0.1) is 0 Å². The Labute approximate surface area is 204 Å². The van der Waals surface area contributed by atoms with Crippen molar-refractivity contribution in [3.8, 4) is 0 Å². The summed E-state index contributed by atoms with van der Waals surface area (Å²) in [6.07, 6.45) is 30.2. The average Bonchev–Trinajstić information content (AvgIpc) is 2.76. The molecule has 0 spiro atoms. The minimum absolute atomic E-state index is 0.298. The lowest BCUT2D eigenvalue weighted by atomic mass is 10.2. The first kappa shape index (κ1) is 30.1. The Morgan fingerprint density at radius 2 is 0.647 bits per heavy atom. The first-order valence-electron chi connectivity index (χ1n) is 10.9. The second-order valence-electron chi connectivity index (χ2n) is 7.77. The van der Waals surface area contributed by atoms with Crippen molar-refractivity contribution < 1.29 is 19.8 Å². The molecule has 4 nitrogen and oxygen atoms in total. The summed E-state index contributed by atoms with van der Waals surface area (Å²) in [4.78, 5) is 21.5. The van der Waals surface area contributed by atoms with Gasteiger partial charge in [-0.1, -0.05) is 120 Å². The highest BCUT2D eigenvalue weighted by Crippen LogP contribution is 2.03. The molecule has 0 amide bonds. The van der Waals surface area contributed by atoms with Crippen LogP contribution in [0.3, 0.4) is 0 Å². The lowest BCUT2D eigenvalue weighted by Gasteiger charge is -1.91. The number of hydrogen-bond acceptors (Lipinski definition) is 2. The van der Waals surface area contributed by atoms with E-state index < -0.39 is 11.9 Å². The molecule has 0 unspecified atom stereocenters. The summed E-state index contributed by atoms with van der Waals surface area (Å²) in [7, 11) is 0. The van der Waals surface area contributed by atoms with Gasteiger partial charge in [0, 0.05) is 11.1 Å². The molecule has 0 aliphatic heterocycles. The SMILES string of the molecule is CC(/C=C/C=C(C)/C=C/C=C(\C)C(=O)O)=C\C=C\C=C(C)\C=C\C=C(C)\C=C\C=C(/C)C(=O)O. The molecule has 34 heavy (non-hydrogen) atoms. The Bertz CT molecular complexity index is 959. The van der Waals surface area contributed by atoms with E-state index in [0.717, 1.165) is 22.3 Å². The maximum Gasteiger partial charge on any atom is 0.331 e. The van der Waals surface area contributed by atoms with Crippen LogP contribution in [0.1, 0.15) is 41.5 Å². The fourth-order valence-corrected chi connectivity index (χ4v) is 2.17. The summed E-state index contributed by atoms with van der Waals surface area (Å²) >= 11 is 0. The molecular weight excluding hydrogens is 424 g/mol. The summed E-state index contributed by atoms with van der Waals surface area (Å²) in [5.74, 6) is -1.83. The van der Waals surface area contributed by atoms with Gasteiger partial charge in [-0.3, -0.25) is 0 Å². The number of carbonyl (C=O) groups is 2. The first-order chi connectivity index (χ1) is 16.0. The van der Waals surface area contributed by atoms with Gasteiger partial charge in [-0.25, -0.2) is 9.59 Å². The van der Waals surface area contributed by atoms with Gasteiger partial charge in [0.15, 0.2) is 0 Å². The Morgan fingerprint density at radius 1 is 0.412 bits per heavy atom. The molecule has 4 heteroatoms. The Morgan fingerprint density at radius 3 is 0.912 bits per heavy atom. The zero-order valence-corrected chi connectivity index (χ0v) is 20.9. The van der Waals surface area contributed by atoms with E-state index in [2.05, 4.69) is 0 Å². The second-order valence-corrected chi connectivity index (χ2v) is 7.77. The third-order valence-electron chi connectivity index (χ3n) is 4.35. The van der Waals surface area contributed by atoms with Crippen molar-refractivity contribution in [2.45, 2.75) is 41.5 Å². The van der Waals surface area contributed by atoms with Crippen LogP contribution >= 0.6 is 0 Å². The van der Waals surface area contributed by atoms with Crippen LogP contribution in [-0.2, 0) is 9.59 Å². The predicted molar refractivity (Wildman–Crippen MR) is 144 cm³/mol. The minimum Gasteiger partial charge on any atom is -0.478 e. The molecule has 0 saturated heterocycles. The molecule has 0 rings (SSSR count). The van der Waals surface area contributed by atoms with Gasteiger partial charge in [-0.2, -0.15) is 0 Å². The summed E-state index contributed by atoms with van der Waals surface area (Å²) in [5.41, 5.74) is 4.84.